The van der Waals surface area contributed by atoms with Gasteiger partial charge in [0.2, 0.25) is 0 Å². The first-order valence-corrected chi connectivity index (χ1v) is 9.26. The molecule has 0 radical (unpaired) electrons. The minimum atomic E-state index is -0.203. The maximum Gasteiger partial charge on any atom is 0.266 e. The minimum Gasteiger partial charge on any atom is -0.488 e. The number of benzene rings is 1. The summed E-state index contributed by atoms with van der Waals surface area (Å²) in [6, 6.07) is 13.0. The molecule has 0 atom stereocenters. The number of hydrogen-bond donors (Lipinski definition) is 1. The van der Waals surface area contributed by atoms with Crippen LogP contribution in [-0.4, -0.2) is 10.9 Å². The molecule has 0 spiro atoms. The van der Waals surface area contributed by atoms with Gasteiger partial charge < -0.3 is 10.1 Å². The number of pyridine rings is 1. The fraction of sp³-hybridized carbons (Fsp3) is 0.100. The van der Waals surface area contributed by atoms with Gasteiger partial charge in [-0.3, -0.25) is 4.79 Å². The second kappa shape index (κ2) is 8.65. The summed E-state index contributed by atoms with van der Waals surface area (Å²) in [5.74, 6) is 1.07. The number of para-hydroxylation sites is 1. The van der Waals surface area contributed by atoms with Gasteiger partial charge in [0.25, 0.3) is 5.91 Å². The van der Waals surface area contributed by atoms with E-state index in [-0.39, 0.29) is 5.91 Å². The number of allylic oxidation sites excluding steroid dienone is 1. The molecule has 0 saturated heterocycles. The molecule has 0 unspecified atom stereocenters. The van der Waals surface area contributed by atoms with Gasteiger partial charge in [-0.1, -0.05) is 42.0 Å². The molecule has 1 aromatic carbocycles. The zero-order valence-electron chi connectivity index (χ0n) is 14.1. The van der Waals surface area contributed by atoms with Crippen molar-refractivity contribution in [2.45, 2.75) is 13.5 Å². The summed E-state index contributed by atoms with van der Waals surface area (Å²) in [5.41, 5.74) is 1.97. The Hall–Kier alpha value is -2.63. The fourth-order valence-electron chi connectivity index (χ4n) is 2.29. The molecule has 6 heteroatoms. The molecule has 4 nitrogen and oxygen atoms in total. The van der Waals surface area contributed by atoms with Crippen LogP contribution in [0.15, 0.2) is 60.1 Å². The summed E-state index contributed by atoms with van der Waals surface area (Å²) < 4.78 is 5.90. The molecular formula is C20H17ClN2O2S. The van der Waals surface area contributed by atoms with Crippen molar-refractivity contribution in [1.82, 2.24) is 4.98 Å². The van der Waals surface area contributed by atoms with E-state index in [9.17, 15) is 4.79 Å². The van der Waals surface area contributed by atoms with E-state index in [4.69, 9.17) is 16.3 Å². The van der Waals surface area contributed by atoms with Gasteiger partial charge in [-0.05, 0) is 36.6 Å². The lowest BCUT2D eigenvalue weighted by Crippen LogP contribution is -2.11. The topological polar surface area (TPSA) is 51.2 Å². The highest BCUT2D eigenvalue weighted by Gasteiger charge is 2.11. The number of anilines is 1. The number of thiophene rings is 1. The first-order chi connectivity index (χ1) is 12.7. The number of nitrogens with zero attached hydrogens (tertiary/aromatic N) is 1. The van der Waals surface area contributed by atoms with Crippen molar-refractivity contribution < 1.29 is 9.53 Å². The highest BCUT2D eigenvalue weighted by molar-refractivity contribution is 7.12. The zero-order valence-corrected chi connectivity index (χ0v) is 15.7. The van der Waals surface area contributed by atoms with Crippen molar-refractivity contribution in [2.75, 3.05) is 5.32 Å². The molecule has 0 aliphatic carbocycles. The van der Waals surface area contributed by atoms with Crippen LogP contribution in [0.2, 0.25) is 5.02 Å². The lowest BCUT2D eigenvalue weighted by atomic mass is 10.2. The van der Waals surface area contributed by atoms with Crippen molar-refractivity contribution in [3.63, 3.8) is 0 Å². The van der Waals surface area contributed by atoms with Crippen LogP contribution in [0.3, 0.4) is 0 Å². The average Bonchev–Trinajstić information content (AvgIpc) is 3.12. The molecule has 1 amide bonds. The average molecular weight is 385 g/mol. The highest BCUT2D eigenvalue weighted by Crippen LogP contribution is 2.23. The van der Waals surface area contributed by atoms with Crippen LogP contribution in [0.4, 0.5) is 5.82 Å². The smallest absolute Gasteiger partial charge is 0.266 e. The van der Waals surface area contributed by atoms with Crippen molar-refractivity contribution in [3.05, 3.63) is 81.1 Å². The lowest BCUT2D eigenvalue weighted by Gasteiger charge is -2.08. The second-order valence-corrected chi connectivity index (χ2v) is 6.81. The van der Waals surface area contributed by atoms with E-state index in [1.54, 1.807) is 12.1 Å². The molecule has 26 heavy (non-hydrogen) atoms. The van der Waals surface area contributed by atoms with E-state index in [1.165, 1.54) is 17.5 Å². The number of amides is 1. The quantitative estimate of drug-likeness (QED) is 0.596. The van der Waals surface area contributed by atoms with E-state index >= 15 is 0 Å². The molecular weight excluding hydrogens is 368 g/mol. The molecule has 0 aliphatic rings. The third-order valence-electron chi connectivity index (χ3n) is 3.51. The van der Waals surface area contributed by atoms with Crippen molar-refractivity contribution >= 4 is 40.7 Å². The van der Waals surface area contributed by atoms with Crippen molar-refractivity contribution in [1.29, 1.82) is 0 Å². The third kappa shape index (κ3) is 4.71. The Kier molecular flexibility index (Phi) is 6.04. The second-order valence-electron chi connectivity index (χ2n) is 5.46. The molecule has 0 fully saturated rings. The minimum absolute atomic E-state index is 0.203. The van der Waals surface area contributed by atoms with Gasteiger partial charge in [-0.25, -0.2) is 4.98 Å². The van der Waals surface area contributed by atoms with Gasteiger partial charge in [0, 0.05) is 17.3 Å². The van der Waals surface area contributed by atoms with Gasteiger partial charge in [0.1, 0.15) is 18.2 Å². The number of nitrogens with one attached hydrogen (secondary N) is 1. The molecule has 132 valence electrons. The number of aromatic nitrogens is 1. The first kappa shape index (κ1) is 18.2. The van der Waals surface area contributed by atoms with Gasteiger partial charge in [-0.2, -0.15) is 0 Å². The number of rotatable bonds is 6. The van der Waals surface area contributed by atoms with Crippen LogP contribution in [0.5, 0.6) is 5.75 Å². The SMILES string of the molecule is C/C=C/c1ccccc1OCc1csc(C(=O)Nc2ccc(Cl)cn2)c1. The summed E-state index contributed by atoms with van der Waals surface area (Å²) >= 11 is 7.16. The fourth-order valence-corrected chi connectivity index (χ4v) is 3.19. The Bertz CT molecular complexity index is 920. The molecule has 3 rings (SSSR count). The van der Waals surface area contributed by atoms with Gasteiger partial charge in [0.05, 0.1) is 9.90 Å². The molecule has 3 aromatic rings. The van der Waals surface area contributed by atoms with Crippen molar-refractivity contribution in [3.8, 4) is 5.75 Å². The predicted octanol–water partition coefficient (Wildman–Crippen LogP) is 5.66. The third-order valence-corrected chi connectivity index (χ3v) is 4.71. The Morgan fingerprint density at radius 1 is 1.31 bits per heavy atom. The molecule has 0 bridgehead atoms. The molecule has 0 aliphatic heterocycles. The Labute approximate surface area is 161 Å². The van der Waals surface area contributed by atoms with E-state index in [0.29, 0.717) is 22.3 Å². The largest absolute Gasteiger partial charge is 0.488 e. The van der Waals surface area contributed by atoms with E-state index in [1.807, 2.05) is 54.8 Å². The maximum atomic E-state index is 12.3. The summed E-state index contributed by atoms with van der Waals surface area (Å²) in [5, 5.41) is 5.19. The summed E-state index contributed by atoms with van der Waals surface area (Å²) in [7, 11) is 0. The maximum absolute atomic E-state index is 12.3. The van der Waals surface area contributed by atoms with Crippen LogP contribution < -0.4 is 10.1 Å². The van der Waals surface area contributed by atoms with E-state index < -0.39 is 0 Å². The summed E-state index contributed by atoms with van der Waals surface area (Å²) in [4.78, 5) is 17.0. The number of carbonyl (C=O) groups is 1. The van der Waals surface area contributed by atoms with Crippen LogP contribution in [0, 0.1) is 0 Å². The monoisotopic (exact) mass is 384 g/mol. The first-order valence-electron chi connectivity index (χ1n) is 8.00. The lowest BCUT2D eigenvalue weighted by molar-refractivity contribution is 0.103. The molecule has 2 aromatic heterocycles. The standard InChI is InChI=1S/C20H17ClN2O2S/c1-2-5-15-6-3-4-7-17(15)25-12-14-10-18(26-13-14)20(24)23-19-9-8-16(21)11-22-19/h2-11,13H,12H2,1H3,(H,22,23,24)/b5-2+. The van der Waals surface area contributed by atoms with Gasteiger partial charge >= 0.3 is 0 Å². The van der Waals surface area contributed by atoms with E-state index in [2.05, 4.69) is 10.3 Å². The van der Waals surface area contributed by atoms with Gasteiger partial charge in [0.15, 0.2) is 0 Å². The van der Waals surface area contributed by atoms with Crippen LogP contribution in [-0.2, 0) is 6.61 Å². The summed E-state index contributed by atoms with van der Waals surface area (Å²) in [6.07, 6.45) is 5.47. The molecule has 0 saturated carbocycles. The van der Waals surface area contributed by atoms with Crippen LogP contribution in [0.25, 0.3) is 6.08 Å². The number of halogens is 1. The zero-order chi connectivity index (χ0) is 18.4. The van der Waals surface area contributed by atoms with Crippen LogP contribution in [0.1, 0.15) is 27.7 Å². The number of carbonyl (C=O) groups excluding carboxylic acids is 1. The number of ether oxygens (including phenoxy) is 1. The predicted molar refractivity (Wildman–Crippen MR) is 107 cm³/mol. The normalized spacial score (nSPS) is 10.8. The Balaban J connectivity index is 1.63. The Morgan fingerprint density at radius 3 is 2.92 bits per heavy atom. The molecule has 2 heterocycles. The van der Waals surface area contributed by atoms with Gasteiger partial charge in [-0.15, -0.1) is 11.3 Å². The van der Waals surface area contributed by atoms with Crippen molar-refractivity contribution in [2.24, 2.45) is 0 Å². The van der Waals surface area contributed by atoms with Crippen LogP contribution >= 0.6 is 22.9 Å². The number of hydrogen-bond acceptors (Lipinski definition) is 4. The van der Waals surface area contributed by atoms with E-state index in [0.717, 1.165) is 16.9 Å². The highest BCUT2D eigenvalue weighted by atomic mass is 35.5. The molecule has 1 N–H and O–H groups in total. The Morgan fingerprint density at radius 2 is 2.15 bits per heavy atom. The summed E-state index contributed by atoms with van der Waals surface area (Å²) in [6.45, 7) is 2.37.